The van der Waals surface area contributed by atoms with Crippen molar-refractivity contribution in [2.45, 2.75) is 72.3 Å². The number of unbranched alkanes of at least 4 members (excludes halogenated alkanes) is 1. The van der Waals surface area contributed by atoms with Crippen LogP contribution in [0.25, 0.3) is 0 Å². The number of carbonyl (C=O) groups is 2. The van der Waals surface area contributed by atoms with Crippen molar-refractivity contribution in [1.29, 1.82) is 0 Å². The maximum absolute atomic E-state index is 13.8. The average Bonchev–Trinajstić information content (AvgIpc) is 2.95. The highest BCUT2D eigenvalue weighted by molar-refractivity contribution is 6.48. The standard InChI is InChI=1S/C35H51ClN4O3/c1-9-15-26(4)24-39(7)25-31(16-10-2)40(8)35(43)29-17-14-22-37-34(27(5)20-21-30(36)11-3)32(38-28(6)23-29)18-12-13-19-33(41)42/h9,11,14-15,17,20-21,23,26,31H,3,6,10,12-13,16,18-19,22,24-25H2,1-2,4-5,7-8H3,(H,41,42)/b15-9-,17-14-,27-20+,29-23+,30-21+,37-34-,38-32-. The van der Waals surface area contributed by atoms with Gasteiger partial charge in [-0.25, -0.2) is 0 Å². The Balaban J connectivity index is 3.35. The van der Waals surface area contributed by atoms with Crippen LogP contribution in [0.2, 0.25) is 0 Å². The Morgan fingerprint density at radius 1 is 1.21 bits per heavy atom. The molecule has 0 aromatic rings. The second kappa shape index (κ2) is 20.6. The van der Waals surface area contributed by atoms with E-state index in [1.807, 2.05) is 37.9 Å². The van der Waals surface area contributed by atoms with Gasteiger partial charge in [-0.1, -0.05) is 81.5 Å². The fourth-order valence-corrected chi connectivity index (χ4v) is 4.97. The van der Waals surface area contributed by atoms with Crippen LogP contribution in [0.5, 0.6) is 0 Å². The van der Waals surface area contributed by atoms with E-state index in [1.165, 1.54) is 0 Å². The van der Waals surface area contributed by atoms with Crippen LogP contribution in [0.3, 0.4) is 0 Å². The van der Waals surface area contributed by atoms with E-state index in [1.54, 1.807) is 24.3 Å². The Morgan fingerprint density at radius 2 is 1.93 bits per heavy atom. The molecule has 0 saturated carbocycles. The Morgan fingerprint density at radius 3 is 2.56 bits per heavy atom. The third-order valence-corrected chi connectivity index (χ3v) is 7.30. The van der Waals surface area contributed by atoms with Crippen LogP contribution in [0.1, 0.15) is 66.2 Å². The fraction of sp³-hybridized carbons (Fsp3) is 0.486. The van der Waals surface area contributed by atoms with E-state index in [2.05, 4.69) is 51.1 Å². The van der Waals surface area contributed by atoms with Crippen molar-refractivity contribution in [3.63, 3.8) is 0 Å². The molecule has 2 unspecified atom stereocenters. The van der Waals surface area contributed by atoms with Crippen molar-refractivity contribution < 1.29 is 14.7 Å². The Hall–Kier alpha value is -3.29. The molecule has 0 fully saturated rings. The van der Waals surface area contributed by atoms with E-state index in [0.717, 1.165) is 31.5 Å². The van der Waals surface area contributed by atoms with Gasteiger partial charge in [-0.05, 0) is 70.2 Å². The first-order valence-electron chi connectivity index (χ1n) is 15.1. The lowest BCUT2D eigenvalue weighted by molar-refractivity contribution is -0.137. The van der Waals surface area contributed by atoms with E-state index >= 15 is 0 Å². The summed E-state index contributed by atoms with van der Waals surface area (Å²) < 4.78 is 0. The van der Waals surface area contributed by atoms with Gasteiger partial charge in [0.15, 0.2) is 0 Å². The van der Waals surface area contributed by atoms with Crippen molar-refractivity contribution in [3.8, 4) is 0 Å². The van der Waals surface area contributed by atoms with Crippen LogP contribution < -0.4 is 0 Å². The average molecular weight is 611 g/mol. The third kappa shape index (κ3) is 14.6. The molecule has 1 rings (SSSR count). The third-order valence-electron chi connectivity index (χ3n) is 7.02. The number of likely N-dealkylation sites (N-methyl/N-ethyl adjacent to an activating group) is 2. The molecule has 0 saturated heterocycles. The molecular formula is C35H51ClN4O3. The van der Waals surface area contributed by atoms with Gasteiger partial charge in [0.2, 0.25) is 0 Å². The van der Waals surface area contributed by atoms with Gasteiger partial charge in [-0.3, -0.25) is 19.6 Å². The molecule has 1 amide bonds. The lowest BCUT2D eigenvalue weighted by Crippen LogP contribution is -2.45. The predicted molar refractivity (Wildman–Crippen MR) is 183 cm³/mol. The molecule has 1 aliphatic rings. The zero-order chi connectivity index (χ0) is 32.4. The second-order valence-electron chi connectivity index (χ2n) is 11.0. The smallest absolute Gasteiger partial charge is 0.303 e. The first-order valence-corrected chi connectivity index (χ1v) is 15.5. The summed E-state index contributed by atoms with van der Waals surface area (Å²) in [5.41, 5.74) is 3.18. The molecule has 236 valence electrons. The van der Waals surface area contributed by atoms with Crippen molar-refractivity contribution in [1.82, 2.24) is 9.80 Å². The highest BCUT2D eigenvalue weighted by Gasteiger charge is 2.23. The van der Waals surface area contributed by atoms with Gasteiger partial charge < -0.3 is 14.9 Å². The quantitative estimate of drug-likeness (QED) is 0.105. The van der Waals surface area contributed by atoms with Crippen molar-refractivity contribution >= 4 is 34.9 Å². The number of amides is 1. The fourth-order valence-electron chi connectivity index (χ4n) is 4.91. The monoisotopic (exact) mass is 610 g/mol. The molecular weight excluding hydrogens is 560 g/mol. The molecule has 8 heteroatoms. The summed E-state index contributed by atoms with van der Waals surface area (Å²) >= 11 is 6.12. The number of hydrogen-bond donors (Lipinski definition) is 1. The van der Waals surface area contributed by atoms with Gasteiger partial charge in [0.25, 0.3) is 5.91 Å². The molecule has 7 nitrogen and oxygen atoms in total. The normalized spacial score (nSPS) is 20.8. The van der Waals surface area contributed by atoms with Crippen LogP contribution in [-0.4, -0.2) is 78.0 Å². The Kier molecular flexibility index (Phi) is 18.1. The van der Waals surface area contributed by atoms with Crippen LogP contribution in [0, 0.1) is 5.92 Å². The minimum absolute atomic E-state index is 0.0550. The Bertz CT molecular complexity index is 1190. The summed E-state index contributed by atoms with van der Waals surface area (Å²) in [5, 5.41) is 9.57. The van der Waals surface area contributed by atoms with Gasteiger partial charge in [0.05, 0.1) is 23.7 Å². The number of halogens is 1. The van der Waals surface area contributed by atoms with Crippen LogP contribution >= 0.6 is 11.6 Å². The number of carbonyl (C=O) groups excluding carboxylic acids is 1. The number of hydrogen-bond acceptors (Lipinski definition) is 5. The van der Waals surface area contributed by atoms with E-state index < -0.39 is 5.97 Å². The van der Waals surface area contributed by atoms with Crippen LogP contribution in [-0.2, 0) is 9.59 Å². The molecule has 43 heavy (non-hydrogen) atoms. The molecule has 0 aliphatic carbocycles. The van der Waals surface area contributed by atoms with E-state index in [9.17, 15) is 9.59 Å². The maximum atomic E-state index is 13.8. The predicted octanol–water partition coefficient (Wildman–Crippen LogP) is 7.55. The number of carboxylic acids is 1. The summed E-state index contributed by atoms with van der Waals surface area (Å²) in [5.74, 6) is -0.485. The zero-order valence-corrected chi connectivity index (χ0v) is 27.7. The van der Waals surface area contributed by atoms with E-state index in [4.69, 9.17) is 26.7 Å². The summed E-state index contributed by atoms with van der Waals surface area (Å²) in [6, 6.07) is 0.0550. The molecule has 0 spiro atoms. The highest BCUT2D eigenvalue weighted by atomic mass is 35.5. The lowest BCUT2D eigenvalue weighted by atomic mass is 10.0. The first kappa shape index (κ1) is 37.7. The molecule has 2 atom stereocenters. The summed E-state index contributed by atoms with van der Waals surface area (Å²) in [6.07, 6.45) is 18.4. The van der Waals surface area contributed by atoms with Gasteiger partial charge in [0, 0.05) is 43.2 Å². The van der Waals surface area contributed by atoms with Crippen LogP contribution in [0.15, 0.2) is 93.6 Å². The molecule has 1 N–H and O–H groups in total. The van der Waals surface area contributed by atoms with E-state index in [0.29, 0.717) is 59.5 Å². The molecule has 0 bridgehead atoms. The summed E-state index contributed by atoms with van der Waals surface area (Å²) in [4.78, 5) is 38.6. The molecule has 0 aromatic carbocycles. The summed E-state index contributed by atoms with van der Waals surface area (Å²) in [6.45, 7) is 18.2. The minimum atomic E-state index is -0.827. The number of aliphatic carboxylic acids is 1. The van der Waals surface area contributed by atoms with Crippen molar-refractivity contribution in [2.24, 2.45) is 15.9 Å². The number of carboxylic acid groups (broad SMARTS) is 1. The first-order chi connectivity index (χ1) is 20.4. The van der Waals surface area contributed by atoms with Crippen molar-refractivity contribution in [3.05, 3.63) is 83.6 Å². The number of aliphatic imine (C=N–C) groups is 2. The van der Waals surface area contributed by atoms with Crippen molar-refractivity contribution in [2.75, 3.05) is 33.7 Å². The Labute approximate surface area is 264 Å². The molecule has 1 heterocycles. The minimum Gasteiger partial charge on any atom is -0.481 e. The number of nitrogens with zero attached hydrogens (tertiary/aromatic N) is 4. The topological polar surface area (TPSA) is 85.6 Å². The van der Waals surface area contributed by atoms with Gasteiger partial charge in [0.1, 0.15) is 0 Å². The molecule has 0 aromatic heterocycles. The lowest BCUT2D eigenvalue weighted by Gasteiger charge is -2.32. The zero-order valence-electron chi connectivity index (χ0n) is 27.0. The van der Waals surface area contributed by atoms with Gasteiger partial charge >= 0.3 is 5.97 Å². The van der Waals surface area contributed by atoms with Gasteiger partial charge in [-0.2, -0.15) is 0 Å². The number of allylic oxidation sites excluding steroid dienone is 7. The summed E-state index contributed by atoms with van der Waals surface area (Å²) in [7, 11) is 3.97. The molecule has 1 aliphatic heterocycles. The number of rotatable bonds is 17. The largest absolute Gasteiger partial charge is 0.481 e. The van der Waals surface area contributed by atoms with E-state index in [-0.39, 0.29) is 18.4 Å². The maximum Gasteiger partial charge on any atom is 0.303 e. The SMILES string of the molecule is C=C\C(Cl)=C/C=C(C)/C1=N/C/C=C\C(C(=O)N(C)C(CCC)CN(C)CC(C)/C=C\C)=C/C(=C)/N=C\1CCCCC(=O)O. The second-order valence-corrected chi connectivity index (χ2v) is 11.5. The molecule has 0 radical (unpaired) electrons. The van der Waals surface area contributed by atoms with Crippen LogP contribution in [0.4, 0.5) is 0 Å². The van der Waals surface area contributed by atoms with Gasteiger partial charge in [-0.15, -0.1) is 0 Å². The highest BCUT2D eigenvalue weighted by Crippen LogP contribution is 2.18.